The first-order chi connectivity index (χ1) is 7.02. The van der Waals surface area contributed by atoms with Crippen LogP contribution < -0.4 is 5.73 Å². The molecule has 1 heterocycles. The van der Waals surface area contributed by atoms with Crippen LogP contribution in [0.5, 0.6) is 0 Å². The Kier molecular flexibility index (Phi) is 3.97. The number of carbonyl (C=O) groups excluding carboxylic acids is 1. The molecule has 0 aliphatic rings. The zero-order valence-electron chi connectivity index (χ0n) is 9.58. The molecule has 0 saturated carbocycles. The fourth-order valence-electron chi connectivity index (χ4n) is 1.54. The number of carbonyl (C=O) groups is 1. The second-order valence-electron chi connectivity index (χ2n) is 4.21. The summed E-state index contributed by atoms with van der Waals surface area (Å²) >= 11 is 0. The molecule has 0 fully saturated rings. The maximum Gasteiger partial charge on any atom is 0.176 e. The van der Waals surface area contributed by atoms with Crippen molar-refractivity contribution in [3.05, 3.63) is 29.1 Å². The third kappa shape index (κ3) is 3.44. The maximum absolute atomic E-state index is 11.5. The fourth-order valence-corrected chi connectivity index (χ4v) is 1.54. The number of rotatable bonds is 4. The lowest BCUT2D eigenvalue weighted by molar-refractivity contribution is 0.100. The van der Waals surface area contributed by atoms with Crippen molar-refractivity contribution in [3.8, 4) is 0 Å². The van der Waals surface area contributed by atoms with E-state index in [1.807, 2.05) is 13.0 Å². The Morgan fingerprint density at radius 3 is 2.67 bits per heavy atom. The number of nitrogens with zero attached hydrogens (tertiary/aromatic N) is 1. The van der Waals surface area contributed by atoms with Crippen molar-refractivity contribution in [3.63, 3.8) is 0 Å². The van der Waals surface area contributed by atoms with Gasteiger partial charge in [0, 0.05) is 17.0 Å². The van der Waals surface area contributed by atoms with Gasteiger partial charge in [0.05, 0.1) is 6.54 Å². The zero-order valence-corrected chi connectivity index (χ0v) is 9.58. The first-order valence-electron chi connectivity index (χ1n) is 5.23. The minimum absolute atomic E-state index is 0.0227. The molecule has 82 valence electrons. The largest absolute Gasteiger partial charge is 0.324 e. The van der Waals surface area contributed by atoms with Crippen molar-refractivity contribution in [1.29, 1.82) is 0 Å². The minimum atomic E-state index is -0.0227. The molecule has 0 aromatic carbocycles. The van der Waals surface area contributed by atoms with Crippen LogP contribution in [0.1, 0.15) is 35.6 Å². The van der Waals surface area contributed by atoms with E-state index < -0.39 is 0 Å². The predicted octanol–water partition coefficient (Wildman–Crippen LogP) is 1.73. The van der Waals surface area contributed by atoms with Crippen molar-refractivity contribution in [2.45, 2.75) is 27.2 Å². The Balaban J connectivity index is 2.99. The van der Waals surface area contributed by atoms with E-state index in [-0.39, 0.29) is 12.3 Å². The van der Waals surface area contributed by atoms with Gasteiger partial charge in [0.15, 0.2) is 5.78 Å². The van der Waals surface area contributed by atoms with Crippen molar-refractivity contribution in [2.24, 2.45) is 11.7 Å². The van der Waals surface area contributed by atoms with Crippen molar-refractivity contribution in [2.75, 3.05) is 6.54 Å². The molecule has 1 rings (SSSR count). The summed E-state index contributed by atoms with van der Waals surface area (Å²) in [6, 6.07) is 3.64. The fraction of sp³-hybridized carbons (Fsp3) is 0.500. The molecule has 15 heavy (non-hydrogen) atoms. The maximum atomic E-state index is 11.5. The van der Waals surface area contributed by atoms with Gasteiger partial charge in [-0.1, -0.05) is 13.8 Å². The lowest BCUT2D eigenvalue weighted by atomic mass is 10.0. The molecule has 3 nitrogen and oxygen atoms in total. The molecule has 0 atom stereocenters. The van der Waals surface area contributed by atoms with Crippen LogP contribution in [-0.4, -0.2) is 17.3 Å². The summed E-state index contributed by atoms with van der Waals surface area (Å²) in [7, 11) is 0. The molecule has 0 aliphatic heterocycles. The van der Waals surface area contributed by atoms with E-state index in [0.717, 1.165) is 17.8 Å². The van der Waals surface area contributed by atoms with E-state index >= 15 is 0 Å². The molecule has 0 spiro atoms. The topological polar surface area (TPSA) is 56.0 Å². The van der Waals surface area contributed by atoms with Gasteiger partial charge in [-0.3, -0.25) is 9.78 Å². The smallest absolute Gasteiger partial charge is 0.176 e. The number of aromatic nitrogens is 1. The predicted molar refractivity (Wildman–Crippen MR) is 60.9 cm³/mol. The normalized spacial score (nSPS) is 10.7. The highest BCUT2D eigenvalue weighted by Gasteiger charge is 2.07. The van der Waals surface area contributed by atoms with Crippen molar-refractivity contribution in [1.82, 2.24) is 4.98 Å². The molecule has 0 amide bonds. The Morgan fingerprint density at radius 2 is 2.13 bits per heavy atom. The van der Waals surface area contributed by atoms with Gasteiger partial charge in [0.25, 0.3) is 0 Å². The number of hydrogen-bond donors (Lipinski definition) is 1. The molecule has 0 aliphatic carbocycles. The molecule has 0 radical (unpaired) electrons. The van der Waals surface area contributed by atoms with Crippen LogP contribution in [0.4, 0.5) is 0 Å². The van der Waals surface area contributed by atoms with Gasteiger partial charge in [0.1, 0.15) is 0 Å². The molecule has 0 bridgehead atoms. The number of aryl methyl sites for hydroxylation is 1. The van der Waals surface area contributed by atoms with Gasteiger partial charge in [-0.25, -0.2) is 0 Å². The number of hydrogen-bond acceptors (Lipinski definition) is 3. The third-order valence-corrected chi connectivity index (χ3v) is 2.13. The highest BCUT2D eigenvalue weighted by Crippen LogP contribution is 2.10. The van der Waals surface area contributed by atoms with E-state index in [1.54, 1.807) is 6.07 Å². The average Bonchev–Trinajstić information content (AvgIpc) is 2.14. The van der Waals surface area contributed by atoms with Crippen molar-refractivity contribution < 1.29 is 4.79 Å². The lowest BCUT2D eigenvalue weighted by Crippen LogP contribution is -2.14. The van der Waals surface area contributed by atoms with E-state index in [1.165, 1.54) is 0 Å². The molecule has 3 heteroatoms. The van der Waals surface area contributed by atoms with Gasteiger partial charge >= 0.3 is 0 Å². The van der Waals surface area contributed by atoms with Gasteiger partial charge in [0.2, 0.25) is 0 Å². The quantitative estimate of drug-likeness (QED) is 0.763. The van der Waals surface area contributed by atoms with Gasteiger partial charge < -0.3 is 5.73 Å². The molecule has 0 unspecified atom stereocenters. The summed E-state index contributed by atoms with van der Waals surface area (Å²) in [5.74, 6) is 0.519. The molecular formula is C12H18N2O. The van der Waals surface area contributed by atoms with Crippen molar-refractivity contribution >= 4 is 5.78 Å². The monoisotopic (exact) mass is 206 g/mol. The zero-order chi connectivity index (χ0) is 11.4. The highest BCUT2D eigenvalue weighted by molar-refractivity contribution is 5.97. The van der Waals surface area contributed by atoms with Crippen LogP contribution in [0, 0.1) is 12.8 Å². The Labute approximate surface area is 90.7 Å². The second kappa shape index (κ2) is 5.03. The molecule has 2 N–H and O–H groups in total. The summed E-state index contributed by atoms with van der Waals surface area (Å²) < 4.78 is 0. The van der Waals surface area contributed by atoms with E-state index in [4.69, 9.17) is 5.73 Å². The molecule has 0 saturated heterocycles. The minimum Gasteiger partial charge on any atom is -0.324 e. The van der Waals surface area contributed by atoms with Gasteiger partial charge in [-0.15, -0.1) is 0 Å². The first-order valence-corrected chi connectivity index (χ1v) is 5.23. The summed E-state index contributed by atoms with van der Waals surface area (Å²) in [6.45, 7) is 6.23. The summed E-state index contributed by atoms with van der Waals surface area (Å²) in [6.07, 6.45) is 0.895. The van der Waals surface area contributed by atoms with Crippen LogP contribution in [0.15, 0.2) is 12.1 Å². The SMILES string of the molecule is Cc1cc(C(=O)CN)cc(CC(C)C)n1. The highest BCUT2D eigenvalue weighted by atomic mass is 16.1. The number of ketones is 1. The number of pyridine rings is 1. The van der Waals surface area contributed by atoms with E-state index in [0.29, 0.717) is 11.5 Å². The summed E-state index contributed by atoms with van der Waals surface area (Å²) in [5, 5.41) is 0. The number of Topliss-reactive ketones (excluding diaryl/α,β-unsaturated/α-hetero) is 1. The van der Waals surface area contributed by atoms with Crippen LogP contribution in [0.25, 0.3) is 0 Å². The van der Waals surface area contributed by atoms with E-state index in [2.05, 4.69) is 18.8 Å². The van der Waals surface area contributed by atoms with Crippen LogP contribution in [0.2, 0.25) is 0 Å². The lowest BCUT2D eigenvalue weighted by Gasteiger charge is -2.07. The number of nitrogens with two attached hydrogens (primary N) is 1. The average molecular weight is 206 g/mol. The van der Waals surface area contributed by atoms with Crippen LogP contribution in [0.3, 0.4) is 0 Å². The second-order valence-corrected chi connectivity index (χ2v) is 4.21. The Morgan fingerprint density at radius 1 is 1.47 bits per heavy atom. The molecular weight excluding hydrogens is 188 g/mol. The standard InChI is InChI=1S/C12H18N2O/c1-8(2)4-11-6-10(12(15)7-13)5-9(3)14-11/h5-6,8H,4,7,13H2,1-3H3. The summed E-state index contributed by atoms with van der Waals surface area (Å²) in [4.78, 5) is 15.8. The van der Waals surface area contributed by atoms with Crippen LogP contribution >= 0.6 is 0 Å². The Hall–Kier alpha value is -1.22. The molecule has 1 aromatic rings. The summed E-state index contributed by atoms with van der Waals surface area (Å²) in [5.41, 5.74) is 7.87. The third-order valence-electron chi connectivity index (χ3n) is 2.13. The van der Waals surface area contributed by atoms with Gasteiger partial charge in [-0.2, -0.15) is 0 Å². The van der Waals surface area contributed by atoms with Gasteiger partial charge in [-0.05, 0) is 31.4 Å². The first kappa shape index (κ1) is 11.9. The molecule has 1 aromatic heterocycles. The van der Waals surface area contributed by atoms with E-state index in [9.17, 15) is 4.79 Å². The van der Waals surface area contributed by atoms with Crippen LogP contribution in [-0.2, 0) is 6.42 Å². The Bertz CT molecular complexity index is 359.